The summed E-state index contributed by atoms with van der Waals surface area (Å²) in [6, 6.07) is 0.818. The Hall–Kier alpha value is -0.120. The highest BCUT2D eigenvalue weighted by atomic mass is 16.5. The van der Waals surface area contributed by atoms with Gasteiger partial charge in [0.2, 0.25) is 0 Å². The quantitative estimate of drug-likeness (QED) is 0.728. The van der Waals surface area contributed by atoms with Gasteiger partial charge in [-0.2, -0.15) is 0 Å². The maximum atomic E-state index is 5.65. The van der Waals surface area contributed by atoms with E-state index in [4.69, 9.17) is 4.74 Å². The molecule has 124 valence electrons. The smallest absolute Gasteiger partial charge is 0.0472 e. The average Bonchev–Trinajstić information content (AvgIpc) is 2.73. The van der Waals surface area contributed by atoms with Crippen LogP contribution in [0.25, 0.3) is 0 Å². The van der Waals surface area contributed by atoms with E-state index < -0.39 is 0 Å². The minimum atomic E-state index is 0.450. The molecule has 2 aliphatic rings. The molecular weight excluding hydrogens is 260 g/mol. The van der Waals surface area contributed by atoms with Crippen LogP contribution in [0.15, 0.2) is 0 Å². The van der Waals surface area contributed by atoms with Crippen molar-refractivity contribution >= 4 is 0 Å². The fraction of sp³-hybridized carbons (Fsp3) is 1.00. The first-order valence-corrected chi connectivity index (χ1v) is 9.32. The number of nitrogens with zero attached hydrogens (tertiary/aromatic N) is 1. The number of ether oxygens (including phenoxy) is 1. The van der Waals surface area contributed by atoms with Crippen LogP contribution in [-0.2, 0) is 4.74 Å². The third-order valence-electron chi connectivity index (χ3n) is 5.49. The van der Waals surface area contributed by atoms with Crippen molar-refractivity contribution < 1.29 is 4.74 Å². The van der Waals surface area contributed by atoms with E-state index in [1.807, 2.05) is 0 Å². The zero-order valence-electron chi connectivity index (χ0n) is 14.3. The second kappa shape index (κ2) is 9.12. The Bertz CT molecular complexity index is 276. The summed E-state index contributed by atoms with van der Waals surface area (Å²) in [6.45, 7) is 11.5. The molecule has 0 amide bonds. The maximum absolute atomic E-state index is 5.65. The minimum absolute atomic E-state index is 0.450. The zero-order valence-corrected chi connectivity index (χ0v) is 14.3. The van der Waals surface area contributed by atoms with Gasteiger partial charge in [0.1, 0.15) is 0 Å². The lowest BCUT2D eigenvalue weighted by atomic mass is 9.79. The van der Waals surface area contributed by atoms with Crippen molar-refractivity contribution in [3.8, 4) is 0 Å². The summed E-state index contributed by atoms with van der Waals surface area (Å²) in [4.78, 5) is 2.83. The summed E-state index contributed by atoms with van der Waals surface area (Å²) in [5.41, 5.74) is 0.450. The van der Waals surface area contributed by atoms with Gasteiger partial charge in [-0.05, 0) is 57.0 Å². The van der Waals surface area contributed by atoms with Crippen LogP contribution in [0.2, 0.25) is 0 Å². The van der Waals surface area contributed by atoms with E-state index in [0.29, 0.717) is 5.41 Å². The molecule has 1 unspecified atom stereocenters. The fourth-order valence-corrected chi connectivity index (χ4v) is 4.06. The predicted molar refractivity (Wildman–Crippen MR) is 89.8 cm³/mol. The van der Waals surface area contributed by atoms with Crippen LogP contribution in [0.1, 0.15) is 65.2 Å². The van der Waals surface area contributed by atoms with E-state index in [0.717, 1.165) is 25.8 Å². The highest BCUT2D eigenvalue weighted by molar-refractivity contribution is 4.89. The van der Waals surface area contributed by atoms with Gasteiger partial charge in [0.15, 0.2) is 0 Å². The molecule has 0 aliphatic carbocycles. The molecule has 0 saturated carbocycles. The second-order valence-corrected chi connectivity index (χ2v) is 7.17. The molecule has 0 aromatic rings. The molecule has 3 nitrogen and oxygen atoms in total. The molecule has 0 aromatic heterocycles. The summed E-state index contributed by atoms with van der Waals surface area (Å²) in [6.07, 6.45) is 10.7. The van der Waals surface area contributed by atoms with E-state index in [-0.39, 0.29) is 0 Å². The van der Waals surface area contributed by atoms with Gasteiger partial charge in [0.05, 0.1) is 0 Å². The lowest BCUT2D eigenvalue weighted by Gasteiger charge is -2.43. The fourth-order valence-electron chi connectivity index (χ4n) is 4.06. The lowest BCUT2D eigenvalue weighted by Crippen LogP contribution is -2.50. The Balaban J connectivity index is 1.98. The molecule has 0 bridgehead atoms. The van der Waals surface area contributed by atoms with Crippen LogP contribution >= 0.6 is 0 Å². The molecule has 21 heavy (non-hydrogen) atoms. The summed E-state index contributed by atoms with van der Waals surface area (Å²) in [5.74, 6) is 0. The van der Waals surface area contributed by atoms with Crippen molar-refractivity contribution in [3.63, 3.8) is 0 Å². The van der Waals surface area contributed by atoms with Gasteiger partial charge in [0.25, 0.3) is 0 Å². The van der Waals surface area contributed by atoms with Gasteiger partial charge in [-0.15, -0.1) is 0 Å². The van der Waals surface area contributed by atoms with Crippen LogP contribution < -0.4 is 5.32 Å². The van der Waals surface area contributed by atoms with Gasteiger partial charge in [0, 0.05) is 32.3 Å². The summed E-state index contributed by atoms with van der Waals surface area (Å²) < 4.78 is 5.65. The zero-order chi connectivity index (χ0) is 15.0. The number of nitrogens with one attached hydrogen (secondary N) is 1. The van der Waals surface area contributed by atoms with E-state index in [9.17, 15) is 0 Å². The number of rotatable bonds is 7. The largest absolute Gasteiger partial charge is 0.381 e. The number of likely N-dealkylation sites (tertiary alicyclic amines) is 1. The number of hydrogen-bond donors (Lipinski definition) is 1. The van der Waals surface area contributed by atoms with Crippen molar-refractivity contribution in [2.75, 3.05) is 39.4 Å². The minimum Gasteiger partial charge on any atom is -0.381 e. The number of hydrogen-bond acceptors (Lipinski definition) is 3. The molecule has 2 heterocycles. The predicted octanol–water partition coefficient (Wildman–Crippen LogP) is 3.44. The molecule has 0 radical (unpaired) electrons. The van der Waals surface area contributed by atoms with Gasteiger partial charge in [-0.1, -0.05) is 26.7 Å². The van der Waals surface area contributed by atoms with Crippen LogP contribution in [-0.4, -0.2) is 50.3 Å². The van der Waals surface area contributed by atoms with Crippen molar-refractivity contribution in [2.45, 2.75) is 71.3 Å². The first-order chi connectivity index (χ1) is 10.3. The molecular formula is C18H36N2O. The molecule has 2 fully saturated rings. The lowest BCUT2D eigenvalue weighted by molar-refractivity contribution is -0.0118. The van der Waals surface area contributed by atoms with Gasteiger partial charge in [-0.25, -0.2) is 0 Å². The van der Waals surface area contributed by atoms with E-state index >= 15 is 0 Å². The third-order valence-corrected chi connectivity index (χ3v) is 5.49. The van der Waals surface area contributed by atoms with Gasteiger partial charge >= 0.3 is 0 Å². The SMILES string of the molecule is CCCNCC1(CN2CCCCCC2CC)CCOCC1. The molecule has 2 saturated heterocycles. The summed E-state index contributed by atoms with van der Waals surface area (Å²) >= 11 is 0. The van der Waals surface area contributed by atoms with Crippen LogP contribution in [0.5, 0.6) is 0 Å². The molecule has 1 N–H and O–H groups in total. The van der Waals surface area contributed by atoms with E-state index in [2.05, 4.69) is 24.1 Å². The van der Waals surface area contributed by atoms with Crippen molar-refractivity contribution in [3.05, 3.63) is 0 Å². The molecule has 2 aliphatic heterocycles. The van der Waals surface area contributed by atoms with Crippen LogP contribution in [0.4, 0.5) is 0 Å². The van der Waals surface area contributed by atoms with Crippen LogP contribution in [0.3, 0.4) is 0 Å². The Labute approximate surface area is 131 Å². The Morgan fingerprint density at radius 1 is 1.14 bits per heavy atom. The van der Waals surface area contributed by atoms with E-state index in [1.165, 1.54) is 71.0 Å². The summed E-state index contributed by atoms with van der Waals surface area (Å²) in [5, 5.41) is 3.70. The third kappa shape index (κ3) is 5.22. The summed E-state index contributed by atoms with van der Waals surface area (Å²) in [7, 11) is 0. The molecule has 1 atom stereocenters. The Kier molecular flexibility index (Phi) is 7.48. The molecule has 0 aromatic carbocycles. The Morgan fingerprint density at radius 2 is 1.95 bits per heavy atom. The molecule has 3 heteroatoms. The second-order valence-electron chi connectivity index (χ2n) is 7.17. The van der Waals surface area contributed by atoms with E-state index in [1.54, 1.807) is 0 Å². The topological polar surface area (TPSA) is 24.5 Å². The van der Waals surface area contributed by atoms with Crippen LogP contribution in [0, 0.1) is 5.41 Å². The van der Waals surface area contributed by atoms with Crippen molar-refractivity contribution in [2.24, 2.45) is 5.41 Å². The molecule has 0 spiro atoms. The first-order valence-electron chi connectivity index (χ1n) is 9.32. The van der Waals surface area contributed by atoms with Gasteiger partial charge < -0.3 is 10.1 Å². The van der Waals surface area contributed by atoms with Crippen molar-refractivity contribution in [1.29, 1.82) is 0 Å². The highest BCUT2D eigenvalue weighted by Gasteiger charge is 2.35. The highest BCUT2D eigenvalue weighted by Crippen LogP contribution is 2.33. The normalized spacial score (nSPS) is 27.4. The van der Waals surface area contributed by atoms with Gasteiger partial charge in [-0.3, -0.25) is 4.90 Å². The monoisotopic (exact) mass is 296 g/mol. The van der Waals surface area contributed by atoms with Crippen molar-refractivity contribution in [1.82, 2.24) is 10.2 Å². The maximum Gasteiger partial charge on any atom is 0.0472 e. The average molecular weight is 296 g/mol. The molecule has 2 rings (SSSR count). The standard InChI is InChI=1S/C18H36N2O/c1-3-11-19-15-18(9-13-21-14-10-18)16-20-12-7-5-6-8-17(20)4-2/h17,19H,3-16H2,1-2H3. The Morgan fingerprint density at radius 3 is 2.67 bits per heavy atom. The first kappa shape index (κ1) is 17.2.